The smallest absolute Gasteiger partial charge is 0.244 e. The van der Waals surface area contributed by atoms with E-state index in [2.05, 4.69) is 16.2 Å². The average Bonchev–Trinajstić information content (AvgIpc) is 2.86. The zero-order valence-electron chi connectivity index (χ0n) is 10.2. The Bertz CT molecular complexity index is 322. The maximum atomic E-state index is 11.9. The summed E-state index contributed by atoms with van der Waals surface area (Å²) in [7, 11) is 0. The molecule has 2 saturated heterocycles. The maximum absolute atomic E-state index is 11.9. The summed E-state index contributed by atoms with van der Waals surface area (Å²) in [6, 6.07) is 0.248. The summed E-state index contributed by atoms with van der Waals surface area (Å²) >= 11 is 5.02. The molecule has 3 atom stereocenters. The Morgan fingerprint density at radius 3 is 2.65 bits per heavy atom. The maximum Gasteiger partial charge on any atom is 0.244 e. The zero-order chi connectivity index (χ0) is 12.4. The van der Waals surface area contributed by atoms with Gasteiger partial charge in [-0.3, -0.25) is 15.6 Å². The highest BCUT2D eigenvalue weighted by molar-refractivity contribution is 7.80. The van der Waals surface area contributed by atoms with Gasteiger partial charge in [0.15, 0.2) is 5.11 Å². The average molecular weight is 257 g/mol. The fraction of sp³-hybridized carbons (Fsp3) is 0.818. The molecule has 0 aromatic rings. The van der Waals surface area contributed by atoms with Gasteiger partial charge in [-0.25, -0.2) is 0 Å². The van der Waals surface area contributed by atoms with Crippen molar-refractivity contribution in [3.05, 3.63) is 0 Å². The Morgan fingerprint density at radius 1 is 1.35 bits per heavy atom. The molecule has 0 spiro atoms. The van der Waals surface area contributed by atoms with Gasteiger partial charge >= 0.3 is 0 Å². The Balaban J connectivity index is 1.73. The molecule has 0 radical (unpaired) electrons. The van der Waals surface area contributed by atoms with Crippen molar-refractivity contribution >= 4 is 23.2 Å². The summed E-state index contributed by atoms with van der Waals surface area (Å²) in [6.45, 7) is 3.97. The first-order valence-electron chi connectivity index (χ1n) is 6.08. The third kappa shape index (κ3) is 3.07. The summed E-state index contributed by atoms with van der Waals surface area (Å²) < 4.78 is 5.64. The van der Waals surface area contributed by atoms with Gasteiger partial charge in [-0.2, -0.15) is 0 Å². The molecule has 2 aliphatic heterocycles. The predicted molar refractivity (Wildman–Crippen MR) is 68.2 cm³/mol. The van der Waals surface area contributed by atoms with Crippen LogP contribution in [0.1, 0.15) is 33.1 Å². The van der Waals surface area contributed by atoms with Crippen molar-refractivity contribution in [2.24, 2.45) is 5.92 Å². The van der Waals surface area contributed by atoms with E-state index >= 15 is 0 Å². The lowest BCUT2D eigenvalue weighted by Crippen LogP contribution is -2.51. The molecule has 2 rings (SSSR count). The number of fused-ring (bicyclic) bond motifs is 2. The number of hydrogen-bond donors (Lipinski definition) is 3. The minimum Gasteiger partial charge on any atom is -0.374 e. The van der Waals surface area contributed by atoms with Crippen LogP contribution in [0.25, 0.3) is 0 Å². The number of amides is 1. The Morgan fingerprint density at radius 2 is 2.12 bits per heavy atom. The fourth-order valence-electron chi connectivity index (χ4n) is 2.42. The normalized spacial score (nSPS) is 30.4. The third-order valence-corrected chi connectivity index (χ3v) is 3.38. The van der Waals surface area contributed by atoms with Crippen LogP contribution >= 0.6 is 12.2 Å². The van der Waals surface area contributed by atoms with Crippen LogP contribution in [0.5, 0.6) is 0 Å². The lowest BCUT2D eigenvalue weighted by Gasteiger charge is -2.19. The van der Waals surface area contributed by atoms with Crippen molar-refractivity contribution in [1.82, 2.24) is 16.2 Å². The molecule has 0 aromatic carbocycles. The molecular weight excluding hydrogens is 238 g/mol. The molecule has 0 aliphatic carbocycles. The van der Waals surface area contributed by atoms with Crippen LogP contribution < -0.4 is 16.2 Å². The van der Waals surface area contributed by atoms with Crippen LogP contribution in [0.3, 0.4) is 0 Å². The molecule has 2 aliphatic rings. The van der Waals surface area contributed by atoms with E-state index in [4.69, 9.17) is 17.0 Å². The number of ether oxygens (including phenoxy) is 1. The van der Waals surface area contributed by atoms with Gasteiger partial charge in [0.25, 0.3) is 0 Å². The van der Waals surface area contributed by atoms with Crippen molar-refractivity contribution in [1.29, 1.82) is 0 Å². The third-order valence-electron chi connectivity index (χ3n) is 3.16. The summed E-state index contributed by atoms with van der Waals surface area (Å²) in [6.07, 6.45) is 3.32. The number of nitrogens with one attached hydrogen (secondary N) is 3. The fourth-order valence-corrected chi connectivity index (χ4v) is 2.71. The van der Waals surface area contributed by atoms with Gasteiger partial charge in [0, 0.05) is 6.04 Å². The molecular formula is C11H19N3O2S. The SMILES string of the molecule is CC(C)NC(=S)NNC(=O)[C@@H]1C[C@H]2CC[C@@H]1O2. The quantitative estimate of drug-likeness (QED) is 0.495. The second-order valence-corrected chi connectivity index (χ2v) is 5.37. The first-order valence-corrected chi connectivity index (χ1v) is 6.49. The van der Waals surface area contributed by atoms with Gasteiger partial charge in [-0.1, -0.05) is 0 Å². The van der Waals surface area contributed by atoms with Crippen molar-refractivity contribution in [2.45, 2.75) is 51.4 Å². The van der Waals surface area contributed by atoms with Crippen molar-refractivity contribution in [3.8, 4) is 0 Å². The van der Waals surface area contributed by atoms with Gasteiger partial charge in [0.2, 0.25) is 5.91 Å². The minimum absolute atomic E-state index is 0.0230. The van der Waals surface area contributed by atoms with E-state index in [-0.39, 0.29) is 30.1 Å². The Kier molecular flexibility index (Phi) is 3.83. The highest BCUT2D eigenvalue weighted by atomic mass is 32.1. The summed E-state index contributed by atoms with van der Waals surface area (Å²) in [5, 5.41) is 3.44. The molecule has 0 saturated carbocycles. The van der Waals surface area contributed by atoms with Crippen molar-refractivity contribution in [3.63, 3.8) is 0 Å². The monoisotopic (exact) mass is 257 g/mol. The molecule has 6 heteroatoms. The Labute approximate surface area is 107 Å². The van der Waals surface area contributed by atoms with E-state index < -0.39 is 0 Å². The summed E-state index contributed by atoms with van der Waals surface area (Å²) in [5.74, 6) is -0.0480. The number of thiocarbonyl (C=S) groups is 1. The van der Waals surface area contributed by atoms with Crippen LogP contribution in [-0.4, -0.2) is 29.3 Å². The molecule has 2 fully saturated rings. The number of hydrogen-bond acceptors (Lipinski definition) is 3. The molecule has 3 N–H and O–H groups in total. The lowest BCUT2D eigenvalue weighted by molar-refractivity contribution is -0.127. The summed E-state index contributed by atoms with van der Waals surface area (Å²) in [5.41, 5.74) is 5.36. The summed E-state index contributed by atoms with van der Waals surface area (Å²) in [4.78, 5) is 11.9. The van der Waals surface area contributed by atoms with Crippen LogP contribution in [0, 0.1) is 5.92 Å². The molecule has 17 heavy (non-hydrogen) atoms. The second kappa shape index (κ2) is 5.18. The van der Waals surface area contributed by atoms with Crippen LogP contribution in [-0.2, 0) is 9.53 Å². The minimum atomic E-state index is -0.0249. The topological polar surface area (TPSA) is 62.4 Å². The van der Waals surface area contributed by atoms with Gasteiger partial charge in [0.1, 0.15) is 0 Å². The number of carbonyl (C=O) groups is 1. The zero-order valence-corrected chi connectivity index (χ0v) is 11.0. The van der Waals surface area contributed by atoms with E-state index in [0.717, 1.165) is 19.3 Å². The van der Waals surface area contributed by atoms with Gasteiger partial charge in [0.05, 0.1) is 18.1 Å². The predicted octanol–water partition coefficient (Wildman–Crippen LogP) is 0.458. The lowest BCUT2D eigenvalue weighted by atomic mass is 9.89. The molecule has 96 valence electrons. The first kappa shape index (κ1) is 12.6. The first-order chi connectivity index (χ1) is 8.06. The van der Waals surface area contributed by atoms with E-state index in [0.29, 0.717) is 5.11 Å². The largest absolute Gasteiger partial charge is 0.374 e. The molecule has 2 bridgehead atoms. The number of rotatable bonds is 2. The Hall–Kier alpha value is -0.880. The van der Waals surface area contributed by atoms with Crippen LogP contribution in [0.15, 0.2) is 0 Å². The van der Waals surface area contributed by atoms with E-state index in [1.807, 2.05) is 13.8 Å². The van der Waals surface area contributed by atoms with Crippen LogP contribution in [0.2, 0.25) is 0 Å². The van der Waals surface area contributed by atoms with Gasteiger partial charge < -0.3 is 10.1 Å². The highest BCUT2D eigenvalue weighted by Crippen LogP contribution is 2.38. The van der Waals surface area contributed by atoms with Crippen LogP contribution in [0.4, 0.5) is 0 Å². The van der Waals surface area contributed by atoms with Gasteiger partial charge in [-0.05, 0) is 45.3 Å². The van der Waals surface area contributed by atoms with E-state index in [1.54, 1.807) is 0 Å². The highest BCUT2D eigenvalue weighted by Gasteiger charge is 2.44. The molecule has 1 amide bonds. The molecule has 5 nitrogen and oxygen atoms in total. The van der Waals surface area contributed by atoms with Gasteiger partial charge in [-0.15, -0.1) is 0 Å². The van der Waals surface area contributed by atoms with Crippen molar-refractivity contribution < 1.29 is 9.53 Å². The van der Waals surface area contributed by atoms with E-state index in [1.165, 1.54) is 0 Å². The second-order valence-electron chi connectivity index (χ2n) is 4.96. The number of carbonyl (C=O) groups excluding carboxylic acids is 1. The molecule has 0 unspecified atom stereocenters. The molecule has 0 aromatic heterocycles. The van der Waals surface area contributed by atoms with Crippen molar-refractivity contribution in [2.75, 3.05) is 0 Å². The standard InChI is InChI=1S/C11H19N3O2S/c1-6(2)12-11(17)14-13-10(15)8-5-7-3-4-9(8)16-7/h6-9H,3-5H2,1-2H3,(H,13,15)(H2,12,14,17)/t7-,8-,9+/m1/s1. The van der Waals surface area contributed by atoms with E-state index in [9.17, 15) is 4.79 Å². The number of hydrazine groups is 1. The molecule has 2 heterocycles.